The zero-order valence-electron chi connectivity index (χ0n) is 33.0. The van der Waals surface area contributed by atoms with Gasteiger partial charge in [0.05, 0.1) is 0 Å². The van der Waals surface area contributed by atoms with E-state index in [2.05, 4.69) is 64.1 Å². The van der Waals surface area contributed by atoms with Crippen LogP contribution in [0.1, 0.15) is 118 Å². The van der Waals surface area contributed by atoms with Gasteiger partial charge in [-0.15, -0.1) is 0 Å². The van der Waals surface area contributed by atoms with Gasteiger partial charge in [0.25, 0.3) is 0 Å². The van der Waals surface area contributed by atoms with E-state index in [1.165, 1.54) is 42.4 Å². The second-order valence-corrected chi connectivity index (χ2v) is 16.5. The first kappa shape index (κ1) is 38.7. The van der Waals surface area contributed by atoms with Crippen molar-refractivity contribution in [2.75, 3.05) is 0 Å². The average molecular weight is 753 g/mol. The van der Waals surface area contributed by atoms with E-state index in [1.807, 2.05) is 60.7 Å². The molecule has 2 aliphatic rings. The van der Waals surface area contributed by atoms with Crippen LogP contribution in [0.25, 0.3) is 0 Å². The van der Waals surface area contributed by atoms with E-state index in [1.54, 1.807) is 24.3 Å². The number of carbonyl (C=O) groups is 2. The molecule has 0 spiro atoms. The molecule has 0 heterocycles. The minimum Gasteiger partial charge on any atom is -0.395 e. The van der Waals surface area contributed by atoms with Crippen molar-refractivity contribution in [3.63, 3.8) is 0 Å². The Morgan fingerprint density at radius 2 is 0.786 bits per heavy atom. The van der Waals surface area contributed by atoms with Crippen LogP contribution in [0.2, 0.25) is 0 Å². The Morgan fingerprint density at radius 1 is 0.446 bits per heavy atom. The third-order valence-corrected chi connectivity index (χ3v) is 11.8. The van der Waals surface area contributed by atoms with Crippen LogP contribution in [0.4, 0.5) is 9.59 Å². The first-order valence-electron chi connectivity index (χ1n) is 20.0. The Morgan fingerprint density at radius 3 is 1.18 bits per heavy atom. The van der Waals surface area contributed by atoms with E-state index >= 15 is 0 Å². The second-order valence-electron chi connectivity index (χ2n) is 16.5. The summed E-state index contributed by atoms with van der Waals surface area (Å²) in [6.07, 6.45) is 9.42. The summed E-state index contributed by atoms with van der Waals surface area (Å²) in [5.41, 5.74) is 7.01. The Hall–Kier alpha value is -5.56. The summed E-state index contributed by atoms with van der Waals surface area (Å²) in [5.74, 6) is 1.62. The highest BCUT2D eigenvalue weighted by molar-refractivity contribution is 5.67. The summed E-state index contributed by atoms with van der Waals surface area (Å²) in [6, 6.07) is 39.5. The molecule has 0 amide bonds. The molecule has 0 atom stereocenters. The SMILES string of the molecule is Cc1ccc(C2(c3ccc(OOC(=O)Oc4ccc(C5(c6ccc(OC(=O)Oc7ccc(C(C)(C)C)cc7)cc6)CCCCC5)cc4)cc3)CCCCC2)cc1. The summed E-state index contributed by atoms with van der Waals surface area (Å²) in [7, 11) is 0. The number of rotatable bonds is 9. The molecule has 7 heteroatoms. The van der Waals surface area contributed by atoms with Crippen molar-refractivity contribution in [3.8, 4) is 23.0 Å². The van der Waals surface area contributed by atoms with E-state index < -0.39 is 12.3 Å². The maximum Gasteiger partial charge on any atom is 0.555 e. The van der Waals surface area contributed by atoms with Crippen LogP contribution in [-0.2, 0) is 21.1 Å². The van der Waals surface area contributed by atoms with Crippen molar-refractivity contribution in [1.82, 2.24) is 0 Å². The smallest absolute Gasteiger partial charge is 0.395 e. The molecule has 2 saturated carbocycles. The van der Waals surface area contributed by atoms with Gasteiger partial charge in [-0.3, -0.25) is 4.89 Å². The average Bonchev–Trinajstić information content (AvgIpc) is 3.21. The highest BCUT2D eigenvalue weighted by Gasteiger charge is 2.37. The first-order chi connectivity index (χ1) is 27.0. The molecule has 2 fully saturated rings. The zero-order chi connectivity index (χ0) is 39.2. The maximum atomic E-state index is 12.7. The van der Waals surface area contributed by atoms with Crippen molar-refractivity contribution < 1.29 is 33.6 Å². The fourth-order valence-corrected chi connectivity index (χ4v) is 8.62. The lowest BCUT2D eigenvalue weighted by Gasteiger charge is -2.38. The summed E-state index contributed by atoms with van der Waals surface area (Å²) in [5, 5.41) is 0. The van der Waals surface area contributed by atoms with Gasteiger partial charge in [0, 0.05) is 10.8 Å². The number of benzene rings is 5. The predicted octanol–water partition coefficient (Wildman–Crippen LogP) is 12.9. The van der Waals surface area contributed by atoms with E-state index in [0.717, 1.165) is 55.2 Å². The maximum absolute atomic E-state index is 12.7. The second kappa shape index (κ2) is 16.7. The molecule has 2 aliphatic carbocycles. The molecule has 0 saturated heterocycles. The van der Waals surface area contributed by atoms with Gasteiger partial charge in [-0.25, -0.2) is 9.68 Å². The molecule has 0 N–H and O–H groups in total. The molecule has 5 aromatic rings. The minimum absolute atomic E-state index is 0.00567. The van der Waals surface area contributed by atoms with Crippen molar-refractivity contribution in [2.24, 2.45) is 0 Å². The van der Waals surface area contributed by atoms with Gasteiger partial charge in [-0.05, 0) is 114 Å². The van der Waals surface area contributed by atoms with Gasteiger partial charge < -0.3 is 14.2 Å². The Labute approximate surface area is 330 Å². The number of aryl methyl sites for hydroxylation is 1. The van der Waals surface area contributed by atoms with Gasteiger partial charge in [0.15, 0.2) is 5.75 Å². The summed E-state index contributed by atoms with van der Waals surface area (Å²) in [4.78, 5) is 35.7. The van der Waals surface area contributed by atoms with Gasteiger partial charge in [0.1, 0.15) is 17.2 Å². The Bertz CT molecular complexity index is 2060. The van der Waals surface area contributed by atoms with E-state index in [-0.39, 0.29) is 16.2 Å². The zero-order valence-corrected chi connectivity index (χ0v) is 33.0. The van der Waals surface area contributed by atoms with Crippen LogP contribution >= 0.6 is 0 Å². The van der Waals surface area contributed by atoms with Crippen LogP contribution in [0, 0.1) is 6.92 Å². The fraction of sp³-hybridized carbons (Fsp3) is 0.347. The van der Waals surface area contributed by atoms with E-state index in [0.29, 0.717) is 23.0 Å². The largest absolute Gasteiger partial charge is 0.555 e. The molecule has 0 bridgehead atoms. The van der Waals surface area contributed by atoms with Crippen molar-refractivity contribution >= 4 is 12.3 Å². The lowest BCUT2D eigenvalue weighted by Crippen LogP contribution is -2.30. The lowest BCUT2D eigenvalue weighted by molar-refractivity contribution is -0.157. The Kier molecular flexibility index (Phi) is 11.5. The minimum atomic E-state index is -0.950. The number of carbonyl (C=O) groups excluding carboxylic acids is 2. The number of hydrogen-bond donors (Lipinski definition) is 0. The van der Waals surface area contributed by atoms with E-state index in [4.69, 9.17) is 24.0 Å². The van der Waals surface area contributed by atoms with Gasteiger partial charge >= 0.3 is 12.3 Å². The molecule has 0 unspecified atom stereocenters. The van der Waals surface area contributed by atoms with Gasteiger partial charge in [0.2, 0.25) is 0 Å². The molecule has 0 radical (unpaired) electrons. The Balaban J connectivity index is 0.955. The van der Waals surface area contributed by atoms with Gasteiger partial charge in [-0.2, -0.15) is 4.79 Å². The fourth-order valence-electron chi connectivity index (χ4n) is 8.62. The molecule has 0 aliphatic heterocycles. The molecule has 0 aromatic heterocycles. The van der Waals surface area contributed by atoms with Crippen molar-refractivity contribution in [2.45, 2.75) is 108 Å². The summed E-state index contributed by atoms with van der Waals surface area (Å²) in [6.45, 7) is 8.52. The van der Waals surface area contributed by atoms with Crippen molar-refractivity contribution in [1.29, 1.82) is 0 Å². The first-order valence-corrected chi connectivity index (χ1v) is 20.0. The van der Waals surface area contributed by atoms with Crippen LogP contribution in [-0.4, -0.2) is 12.3 Å². The standard InChI is InChI=1S/C49H52O7/c1-35-11-13-37(14-12-35)48(31-7-5-8-32-48)40-21-29-44(30-22-40)55-56-46(51)54-43-27-19-39(20-28-43)49(33-9-6-10-34-49)38-17-25-42(26-18-38)53-45(50)52-41-23-15-36(16-24-41)47(2,3)4/h11-30H,5-10,31-34H2,1-4H3. The number of ether oxygens (including phenoxy) is 3. The highest BCUT2D eigenvalue weighted by atomic mass is 17.2. The monoisotopic (exact) mass is 752 g/mol. The van der Waals surface area contributed by atoms with E-state index in [9.17, 15) is 9.59 Å². The molecular formula is C49H52O7. The summed E-state index contributed by atoms with van der Waals surface area (Å²) >= 11 is 0. The number of hydrogen-bond acceptors (Lipinski definition) is 7. The van der Waals surface area contributed by atoms with Crippen LogP contribution < -0.4 is 19.1 Å². The molecule has 5 aromatic carbocycles. The summed E-state index contributed by atoms with van der Waals surface area (Å²) < 4.78 is 16.4. The highest BCUT2D eigenvalue weighted by Crippen LogP contribution is 2.47. The molecular weight excluding hydrogens is 701 g/mol. The van der Waals surface area contributed by atoms with Crippen LogP contribution in [0.15, 0.2) is 121 Å². The third kappa shape index (κ3) is 8.78. The van der Waals surface area contributed by atoms with Crippen LogP contribution in [0.5, 0.6) is 23.0 Å². The predicted molar refractivity (Wildman–Crippen MR) is 218 cm³/mol. The van der Waals surface area contributed by atoms with Crippen molar-refractivity contribution in [3.05, 3.63) is 155 Å². The molecule has 290 valence electrons. The third-order valence-electron chi connectivity index (χ3n) is 11.8. The quantitative estimate of drug-likeness (QED) is 0.0642. The molecule has 7 nitrogen and oxygen atoms in total. The molecule has 56 heavy (non-hydrogen) atoms. The van der Waals surface area contributed by atoms with Gasteiger partial charge in [-0.1, -0.05) is 138 Å². The van der Waals surface area contributed by atoms with Crippen LogP contribution in [0.3, 0.4) is 0 Å². The molecule has 7 rings (SSSR count). The lowest BCUT2D eigenvalue weighted by atomic mass is 9.65. The topological polar surface area (TPSA) is 80.3 Å². The normalized spacial score (nSPS) is 16.3.